The van der Waals surface area contributed by atoms with Gasteiger partial charge in [0.15, 0.2) is 0 Å². The number of hydrogen-bond donors (Lipinski definition) is 2. The van der Waals surface area contributed by atoms with Gasteiger partial charge in [0, 0.05) is 25.5 Å². The van der Waals surface area contributed by atoms with Gasteiger partial charge in [-0.05, 0) is 12.0 Å². The highest BCUT2D eigenvalue weighted by Crippen LogP contribution is 2.17. The van der Waals surface area contributed by atoms with E-state index in [9.17, 15) is 4.79 Å². The summed E-state index contributed by atoms with van der Waals surface area (Å²) in [4.78, 5) is 11.2. The molecule has 0 bridgehead atoms. The van der Waals surface area contributed by atoms with Gasteiger partial charge < -0.3 is 10.4 Å². The van der Waals surface area contributed by atoms with Gasteiger partial charge in [-0.2, -0.15) is 0 Å². The van der Waals surface area contributed by atoms with Crippen LogP contribution in [0.15, 0.2) is 30.3 Å². The molecule has 1 unspecified atom stereocenters. The third-order valence-electron chi connectivity index (χ3n) is 2.62. The van der Waals surface area contributed by atoms with Gasteiger partial charge in [-0.25, -0.2) is 0 Å². The summed E-state index contributed by atoms with van der Waals surface area (Å²) in [6.45, 7) is 2.57. The Balaban J connectivity index is 2.57. The van der Waals surface area contributed by atoms with E-state index in [0.717, 1.165) is 5.56 Å². The molecule has 1 atom stereocenters. The number of rotatable bonds is 6. The highest BCUT2D eigenvalue weighted by molar-refractivity contribution is 5.75. The summed E-state index contributed by atoms with van der Waals surface area (Å²) in [6.07, 6.45) is 1.18. The van der Waals surface area contributed by atoms with Crippen LogP contribution in [0.1, 0.15) is 31.2 Å². The number of carbonyl (C=O) groups excluding carboxylic acids is 1. The van der Waals surface area contributed by atoms with Crippen molar-refractivity contribution in [3.8, 4) is 0 Å². The van der Waals surface area contributed by atoms with Crippen LogP contribution in [0.5, 0.6) is 0 Å². The molecule has 1 rings (SSSR count). The summed E-state index contributed by atoms with van der Waals surface area (Å²) in [5.74, 6) is 0.251. The molecular formula is C13H19NO2. The van der Waals surface area contributed by atoms with Crippen molar-refractivity contribution in [1.82, 2.24) is 5.32 Å². The molecular weight excluding hydrogens is 202 g/mol. The largest absolute Gasteiger partial charge is 0.396 e. The average Bonchev–Trinajstić information content (AvgIpc) is 2.35. The fourth-order valence-electron chi connectivity index (χ4n) is 1.63. The Morgan fingerprint density at radius 3 is 2.62 bits per heavy atom. The van der Waals surface area contributed by atoms with Crippen molar-refractivity contribution >= 4 is 5.91 Å². The summed E-state index contributed by atoms with van der Waals surface area (Å²) in [5, 5.41) is 11.9. The number of hydrogen-bond acceptors (Lipinski definition) is 2. The molecule has 1 aromatic rings. The Hall–Kier alpha value is -1.35. The minimum Gasteiger partial charge on any atom is -0.396 e. The molecule has 2 N–H and O–H groups in total. The molecule has 0 fully saturated rings. The molecule has 0 radical (unpaired) electrons. The number of carbonyl (C=O) groups is 1. The van der Waals surface area contributed by atoms with Gasteiger partial charge >= 0.3 is 0 Å². The predicted molar refractivity (Wildman–Crippen MR) is 64.2 cm³/mol. The van der Waals surface area contributed by atoms with E-state index in [1.165, 1.54) is 0 Å². The lowest BCUT2D eigenvalue weighted by molar-refractivity contribution is -0.120. The first-order chi connectivity index (χ1) is 7.77. The van der Waals surface area contributed by atoms with Crippen molar-refractivity contribution in [2.24, 2.45) is 0 Å². The number of nitrogens with one attached hydrogen (secondary N) is 1. The molecule has 0 saturated heterocycles. The van der Waals surface area contributed by atoms with Crippen LogP contribution in [0, 0.1) is 0 Å². The average molecular weight is 221 g/mol. The Bertz CT molecular complexity index is 311. The normalized spacial score (nSPS) is 12.1. The van der Waals surface area contributed by atoms with E-state index in [2.05, 4.69) is 5.32 Å². The molecule has 88 valence electrons. The van der Waals surface area contributed by atoms with Crippen molar-refractivity contribution in [2.75, 3.05) is 13.2 Å². The SMILES string of the molecule is CCC(=O)NCC(CCO)c1ccccc1. The predicted octanol–water partition coefficient (Wildman–Crippen LogP) is 1.68. The van der Waals surface area contributed by atoms with Crippen molar-refractivity contribution < 1.29 is 9.90 Å². The highest BCUT2D eigenvalue weighted by atomic mass is 16.3. The van der Waals surface area contributed by atoms with Gasteiger partial charge in [-0.3, -0.25) is 4.79 Å². The quantitative estimate of drug-likeness (QED) is 0.768. The second-order valence-corrected chi connectivity index (χ2v) is 3.78. The summed E-state index contributed by atoms with van der Waals surface area (Å²) >= 11 is 0. The number of aliphatic hydroxyl groups is 1. The number of benzene rings is 1. The summed E-state index contributed by atoms with van der Waals surface area (Å²) in [5.41, 5.74) is 1.16. The first kappa shape index (κ1) is 12.7. The van der Waals surface area contributed by atoms with E-state index in [1.54, 1.807) is 0 Å². The molecule has 0 aliphatic rings. The topological polar surface area (TPSA) is 49.3 Å². The molecule has 1 aromatic carbocycles. The van der Waals surface area contributed by atoms with Crippen molar-refractivity contribution in [1.29, 1.82) is 0 Å². The first-order valence-electron chi connectivity index (χ1n) is 5.70. The molecule has 3 nitrogen and oxygen atoms in total. The maximum Gasteiger partial charge on any atom is 0.219 e. The standard InChI is InChI=1S/C13H19NO2/c1-2-13(16)14-10-12(8-9-15)11-6-4-3-5-7-11/h3-7,12,15H,2,8-10H2,1H3,(H,14,16). The zero-order valence-corrected chi connectivity index (χ0v) is 9.65. The van der Waals surface area contributed by atoms with E-state index in [1.807, 2.05) is 37.3 Å². The molecule has 0 spiro atoms. The van der Waals surface area contributed by atoms with Crippen LogP contribution >= 0.6 is 0 Å². The van der Waals surface area contributed by atoms with Crippen LogP contribution in [0.4, 0.5) is 0 Å². The third kappa shape index (κ3) is 4.03. The van der Waals surface area contributed by atoms with Gasteiger partial charge in [0.1, 0.15) is 0 Å². The van der Waals surface area contributed by atoms with Crippen LogP contribution in [0.2, 0.25) is 0 Å². The smallest absolute Gasteiger partial charge is 0.219 e. The maximum atomic E-state index is 11.2. The Morgan fingerprint density at radius 1 is 1.38 bits per heavy atom. The minimum absolute atomic E-state index is 0.0545. The summed E-state index contributed by atoms with van der Waals surface area (Å²) in [6, 6.07) is 9.96. The van der Waals surface area contributed by atoms with Crippen LogP contribution in [-0.2, 0) is 4.79 Å². The Kier molecular flexibility index (Phi) is 5.57. The van der Waals surface area contributed by atoms with Crippen molar-refractivity contribution in [2.45, 2.75) is 25.7 Å². The van der Waals surface area contributed by atoms with Gasteiger partial charge in [-0.15, -0.1) is 0 Å². The minimum atomic E-state index is 0.0545. The second-order valence-electron chi connectivity index (χ2n) is 3.78. The Labute approximate surface area is 96.5 Å². The van der Waals surface area contributed by atoms with E-state index >= 15 is 0 Å². The molecule has 0 saturated carbocycles. The zero-order valence-electron chi connectivity index (χ0n) is 9.65. The second kappa shape index (κ2) is 7.01. The number of aliphatic hydroxyl groups excluding tert-OH is 1. The summed E-state index contributed by atoms with van der Waals surface area (Å²) < 4.78 is 0. The lowest BCUT2D eigenvalue weighted by atomic mass is 9.96. The first-order valence-corrected chi connectivity index (χ1v) is 5.70. The van der Waals surface area contributed by atoms with E-state index < -0.39 is 0 Å². The molecule has 3 heteroatoms. The molecule has 1 amide bonds. The van der Waals surface area contributed by atoms with Crippen LogP contribution in [0.25, 0.3) is 0 Å². The molecule has 0 aliphatic heterocycles. The van der Waals surface area contributed by atoms with Crippen molar-refractivity contribution in [3.05, 3.63) is 35.9 Å². The fraction of sp³-hybridized carbons (Fsp3) is 0.462. The molecule has 0 aromatic heterocycles. The lowest BCUT2D eigenvalue weighted by Gasteiger charge is -2.16. The van der Waals surface area contributed by atoms with Gasteiger partial charge in [0.25, 0.3) is 0 Å². The van der Waals surface area contributed by atoms with Gasteiger partial charge in [0.2, 0.25) is 5.91 Å². The number of amides is 1. The Morgan fingerprint density at radius 2 is 2.06 bits per heavy atom. The zero-order chi connectivity index (χ0) is 11.8. The molecule has 0 heterocycles. The van der Waals surface area contributed by atoms with Crippen LogP contribution < -0.4 is 5.32 Å². The van der Waals surface area contributed by atoms with E-state index in [0.29, 0.717) is 19.4 Å². The van der Waals surface area contributed by atoms with Crippen molar-refractivity contribution in [3.63, 3.8) is 0 Å². The van der Waals surface area contributed by atoms with Gasteiger partial charge in [-0.1, -0.05) is 37.3 Å². The lowest BCUT2D eigenvalue weighted by Crippen LogP contribution is -2.28. The third-order valence-corrected chi connectivity index (χ3v) is 2.62. The van der Waals surface area contributed by atoms with E-state index in [-0.39, 0.29) is 18.4 Å². The maximum absolute atomic E-state index is 11.2. The van der Waals surface area contributed by atoms with Crippen LogP contribution in [-0.4, -0.2) is 24.2 Å². The molecule has 0 aliphatic carbocycles. The summed E-state index contributed by atoms with van der Waals surface area (Å²) in [7, 11) is 0. The highest BCUT2D eigenvalue weighted by Gasteiger charge is 2.11. The van der Waals surface area contributed by atoms with Crippen LogP contribution in [0.3, 0.4) is 0 Å². The van der Waals surface area contributed by atoms with E-state index in [4.69, 9.17) is 5.11 Å². The fourth-order valence-corrected chi connectivity index (χ4v) is 1.63. The molecule has 16 heavy (non-hydrogen) atoms. The van der Waals surface area contributed by atoms with Gasteiger partial charge in [0.05, 0.1) is 0 Å². The monoisotopic (exact) mass is 221 g/mol.